The van der Waals surface area contributed by atoms with E-state index < -0.39 is 11.7 Å². The van der Waals surface area contributed by atoms with Gasteiger partial charge in [0.2, 0.25) is 0 Å². The first-order chi connectivity index (χ1) is 14.7. The first-order valence-corrected chi connectivity index (χ1v) is 10.9. The van der Waals surface area contributed by atoms with Gasteiger partial charge in [-0.15, -0.1) is 0 Å². The Hall–Kier alpha value is -2.85. The number of benzene rings is 3. The van der Waals surface area contributed by atoms with Gasteiger partial charge in [-0.1, -0.05) is 107 Å². The molecule has 0 bridgehead atoms. The smallest absolute Gasteiger partial charge is 0.320 e. The molecule has 152 valence electrons. The Bertz CT molecular complexity index is 989. The number of rotatable bonds is 7. The van der Waals surface area contributed by atoms with Crippen molar-refractivity contribution in [1.82, 2.24) is 0 Å². The van der Waals surface area contributed by atoms with Gasteiger partial charge in [-0.25, -0.2) is 0 Å². The number of ether oxygens (including phenoxy) is 2. The Morgan fingerprint density at radius 3 is 2.10 bits per heavy atom. The van der Waals surface area contributed by atoms with Crippen LogP contribution in [0.2, 0.25) is 0 Å². The number of hydrogen-bond donors (Lipinski definition) is 0. The van der Waals surface area contributed by atoms with E-state index in [1.165, 1.54) is 0 Å². The highest BCUT2D eigenvalue weighted by molar-refractivity contribution is 9.09. The summed E-state index contributed by atoms with van der Waals surface area (Å²) in [6.45, 7) is 0. The molecule has 3 nitrogen and oxygen atoms in total. The van der Waals surface area contributed by atoms with Crippen LogP contribution in [-0.4, -0.2) is 10.8 Å². The molecule has 0 N–H and O–H groups in total. The molecule has 0 aliphatic heterocycles. The molecule has 3 atom stereocenters. The molecule has 4 rings (SSSR count). The molecule has 0 radical (unpaired) electrons. The summed E-state index contributed by atoms with van der Waals surface area (Å²) < 4.78 is 12.0. The molecule has 0 saturated heterocycles. The van der Waals surface area contributed by atoms with E-state index >= 15 is 0 Å². The summed E-state index contributed by atoms with van der Waals surface area (Å²) in [7, 11) is 0. The maximum absolute atomic E-state index is 13.4. The summed E-state index contributed by atoms with van der Waals surface area (Å²) in [6.07, 6.45) is 4.80. The van der Waals surface area contributed by atoms with Gasteiger partial charge < -0.3 is 9.47 Å². The normalized spacial score (nSPS) is 21.6. The van der Waals surface area contributed by atoms with Crippen LogP contribution in [0.4, 0.5) is 0 Å². The van der Waals surface area contributed by atoms with E-state index in [4.69, 9.17) is 9.47 Å². The second kappa shape index (κ2) is 9.31. The van der Waals surface area contributed by atoms with Gasteiger partial charge in [0, 0.05) is 10.4 Å². The molecule has 3 aromatic rings. The van der Waals surface area contributed by atoms with Crippen LogP contribution in [0.5, 0.6) is 5.75 Å². The van der Waals surface area contributed by atoms with Crippen LogP contribution >= 0.6 is 15.9 Å². The van der Waals surface area contributed by atoms with E-state index in [9.17, 15) is 4.79 Å². The molecule has 1 saturated carbocycles. The summed E-state index contributed by atoms with van der Waals surface area (Å²) in [6, 6.07) is 28.9. The van der Waals surface area contributed by atoms with Crippen LogP contribution in [0, 0.1) is 5.41 Å². The fourth-order valence-electron chi connectivity index (χ4n) is 3.46. The van der Waals surface area contributed by atoms with Crippen molar-refractivity contribution >= 4 is 28.0 Å². The summed E-state index contributed by atoms with van der Waals surface area (Å²) >= 11 is 3.68. The molecule has 3 unspecified atom stereocenters. The summed E-state index contributed by atoms with van der Waals surface area (Å²) in [4.78, 5) is 13.4. The van der Waals surface area contributed by atoms with Crippen LogP contribution in [-0.2, 0) is 9.53 Å². The average Bonchev–Trinajstić information content (AvgIpc) is 2.80. The lowest BCUT2D eigenvalue weighted by Gasteiger charge is -2.42. The van der Waals surface area contributed by atoms with Gasteiger partial charge in [0.1, 0.15) is 5.75 Å². The number of para-hydroxylation sites is 1. The maximum Gasteiger partial charge on any atom is 0.320 e. The molecular weight excluding hydrogens is 440 g/mol. The Morgan fingerprint density at radius 1 is 0.933 bits per heavy atom. The third-order valence-corrected chi connectivity index (χ3v) is 6.67. The van der Waals surface area contributed by atoms with Crippen molar-refractivity contribution in [3.05, 3.63) is 108 Å². The number of esters is 1. The van der Waals surface area contributed by atoms with Gasteiger partial charge in [-0.2, -0.15) is 0 Å². The second-order valence-corrected chi connectivity index (χ2v) is 8.47. The van der Waals surface area contributed by atoms with Crippen molar-refractivity contribution < 1.29 is 14.3 Å². The average molecular weight is 463 g/mol. The zero-order valence-corrected chi connectivity index (χ0v) is 18.1. The van der Waals surface area contributed by atoms with Crippen LogP contribution in [0.25, 0.3) is 6.08 Å². The van der Waals surface area contributed by atoms with E-state index in [1.807, 2.05) is 103 Å². The van der Waals surface area contributed by atoms with E-state index in [0.29, 0.717) is 5.75 Å². The minimum atomic E-state index is -0.816. The minimum absolute atomic E-state index is 0.0330. The number of carbonyl (C=O) groups excluding carboxylic acids is 1. The first kappa shape index (κ1) is 20.4. The molecule has 0 amide bonds. The molecule has 30 heavy (non-hydrogen) atoms. The standard InChI is InChI=1S/C26H23BrO3/c27-23-17-19-26(23,18-16-20-10-4-1-5-11-20)25(28)30-24(21-12-6-2-7-13-21)29-22-14-8-3-9-15-22/h1-16,18,23-24H,17,19H2. The maximum atomic E-state index is 13.4. The molecule has 3 aromatic carbocycles. The van der Waals surface area contributed by atoms with Crippen LogP contribution < -0.4 is 4.74 Å². The van der Waals surface area contributed by atoms with Gasteiger partial charge in [-0.3, -0.25) is 4.79 Å². The third kappa shape index (κ3) is 4.49. The Balaban J connectivity index is 1.58. The Labute approximate surface area is 185 Å². The lowest BCUT2D eigenvalue weighted by molar-refractivity contribution is -0.178. The van der Waals surface area contributed by atoms with Crippen molar-refractivity contribution in [3.63, 3.8) is 0 Å². The monoisotopic (exact) mass is 462 g/mol. The third-order valence-electron chi connectivity index (χ3n) is 5.40. The molecule has 0 aromatic heterocycles. The Kier molecular flexibility index (Phi) is 6.34. The number of hydrogen-bond acceptors (Lipinski definition) is 3. The highest BCUT2D eigenvalue weighted by Crippen LogP contribution is 2.49. The molecule has 1 fully saturated rings. The van der Waals surface area contributed by atoms with Crippen molar-refractivity contribution in [3.8, 4) is 5.75 Å². The minimum Gasteiger partial charge on any atom is -0.450 e. The van der Waals surface area contributed by atoms with Crippen molar-refractivity contribution in [2.75, 3.05) is 0 Å². The largest absolute Gasteiger partial charge is 0.450 e. The number of halogens is 1. The van der Waals surface area contributed by atoms with Crippen molar-refractivity contribution in [2.45, 2.75) is 24.0 Å². The molecule has 1 aliphatic rings. The summed E-state index contributed by atoms with van der Waals surface area (Å²) in [5.74, 6) is 0.365. The summed E-state index contributed by atoms with van der Waals surface area (Å²) in [5.41, 5.74) is 1.14. The topological polar surface area (TPSA) is 35.5 Å². The van der Waals surface area contributed by atoms with E-state index in [-0.39, 0.29) is 10.8 Å². The van der Waals surface area contributed by atoms with E-state index in [2.05, 4.69) is 15.9 Å². The van der Waals surface area contributed by atoms with Crippen LogP contribution in [0.3, 0.4) is 0 Å². The highest BCUT2D eigenvalue weighted by Gasteiger charge is 2.51. The SMILES string of the molecule is O=C(OC(Oc1ccccc1)c1ccccc1)C1(C=Cc2ccccc2)CCC1Br. The zero-order chi connectivity index (χ0) is 20.8. The molecule has 0 spiro atoms. The molecular formula is C26H23BrO3. The lowest BCUT2D eigenvalue weighted by atomic mass is 9.68. The van der Waals surface area contributed by atoms with Gasteiger partial charge in [0.15, 0.2) is 0 Å². The molecule has 1 aliphatic carbocycles. The molecule has 0 heterocycles. The Morgan fingerprint density at radius 2 is 1.53 bits per heavy atom. The highest BCUT2D eigenvalue weighted by atomic mass is 79.9. The summed E-state index contributed by atoms with van der Waals surface area (Å²) in [5, 5.41) is 0. The van der Waals surface area contributed by atoms with Crippen LogP contribution in [0.1, 0.15) is 30.3 Å². The zero-order valence-electron chi connectivity index (χ0n) is 16.5. The number of carbonyl (C=O) groups is 1. The molecule has 4 heteroatoms. The van der Waals surface area contributed by atoms with Gasteiger partial charge >= 0.3 is 5.97 Å². The van der Waals surface area contributed by atoms with Crippen LogP contribution in [0.15, 0.2) is 97.1 Å². The van der Waals surface area contributed by atoms with Gasteiger partial charge in [0.25, 0.3) is 6.29 Å². The van der Waals surface area contributed by atoms with E-state index in [0.717, 1.165) is 24.0 Å². The quantitative estimate of drug-likeness (QED) is 0.226. The number of alkyl halides is 1. The van der Waals surface area contributed by atoms with Gasteiger partial charge in [-0.05, 0) is 30.5 Å². The second-order valence-electron chi connectivity index (χ2n) is 7.37. The predicted octanol–water partition coefficient (Wildman–Crippen LogP) is 6.56. The lowest BCUT2D eigenvalue weighted by Crippen LogP contribution is -2.47. The van der Waals surface area contributed by atoms with Crippen molar-refractivity contribution in [2.24, 2.45) is 5.41 Å². The van der Waals surface area contributed by atoms with E-state index in [1.54, 1.807) is 0 Å². The van der Waals surface area contributed by atoms with Crippen molar-refractivity contribution in [1.29, 1.82) is 0 Å². The first-order valence-electron chi connectivity index (χ1n) is 10.0. The fourth-order valence-corrected chi connectivity index (χ4v) is 4.26. The fraction of sp³-hybridized carbons (Fsp3) is 0.192. The predicted molar refractivity (Wildman–Crippen MR) is 122 cm³/mol. The van der Waals surface area contributed by atoms with Gasteiger partial charge in [0.05, 0.1) is 5.41 Å².